The molecule has 0 aliphatic carbocycles. The number of para-hydroxylation sites is 1. The van der Waals surface area contributed by atoms with Gasteiger partial charge in [-0.3, -0.25) is 13.9 Å². The second-order valence-corrected chi connectivity index (χ2v) is 11.2. The smallest absolute Gasteiger partial charge is 0.244 e. The minimum atomic E-state index is -3.80. The molecule has 39 heavy (non-hydrogen) atoms. The minimum Gasteiger partial charge on any atom is -0.457 e. The van der Waals surface area contributed by atoms with Crippen LogP contribution in [0.2, 0.25) is 0 Å². The van der Waals surface area contributed by atoms with Crippen LogP contribution in [0.25, 0.3) is 0 Å². The van der Waals surface area contributed by atoms with Crippen LogP contribution in [0.5, 0.6) is 11.5 Å². The van der Waals surface area contributed by atoms with Gasteiger partial charge in [-0.1, -0.05) is 61.9 Å². The van der Waals surface area contributed by atoms with E-state index in [1.54, 1.807) is 31.2 Å². The summed E-state index contributed by atoms with van der Waals surface area (Å²) < 4.78 is 32.4. The predicted molar refractivity (Wildman–Crippen MR) is 154 cm³/mol. The van der Waals surface area contributed by atoms with Crippen molar-refractivity contribution in [1.29, 1.82) is 0 Å². The first kappa shape index (κ1) is 29.7. The van der Waals surface area contributed by atoms with E-state index in [9.17, 15) is 18.0 Å². The lowest BCUT2D eigenvalue weighted by molar-refractivity contribution is -0.138. The van der Waals surface area contributed by atoms with Crippen LogP contribution in [0.1, 0.15) is 32.3 Å². The van der Waals surface area contributed by atoms with Gasteiger partial charge in [0.2, 0.25) is 21.8 Å². The number of carbonyl (C=O) groups excluding carboxylic acids is 2. The molecule has 0 aliphatic heterocycles. The van der Waals surface area contributed by atoms with Gasteiger partial charge in [0, 0.05) is 13.1 Å². The number of benzene rings is 3. The second kappa shape index (κ2) is 14.3. The first-order valence-electron chi connectivity index (χ1n) is 13.1. The van der Waals surface area contributed by atoms with E-state index in [2.05, 4.69) is 5.32 Å². The lowest BCUT2D eigenvalue weighted by atomic mass is 10.1. The Morgan fingerprint density at radius 2 is 1.49 bits per heavy atom. The largest absolute Gasteiger partial charge is 0.457 e. The first-order valence-corrected chi connectivity index (χ1v) is 15.0. The van der Waals surface area contributed by atoms with E-state index >= 15 is 0 Å². The van der Waals surface area contributed by atoms with E-state index in [1.165, 1.54) is 4.90 Å². The van der Waals surface area contributed by atoms with E-state index in [1.807, 2.05) is 67.6 Å². The molecule has 0 saturated carbocycles. The maximum atomic E-state index is 13.6. The Morgan fingerprint density at radius 1 is 0.897 bits per heavy atom. The van der Waals surface area contributed by atoms with Crippen LogP contribution in [0.4, 0.5) is 5.69 Å². The normalized spacial score (nSPS) is 11.9. The number of nitrogens with one attached hydrogen (secondary N) is 1. The van der Waals surface area contributed by atoms with Crippen LogP contribution in [0.3, 0.4) is 0 Å². The Morgan fingerprint density at radius 3 is 2.08 bits per heavy atom. The van der Waals surface area contributed by atoms with Gasteiger partial charge >= 0.3 is 0 Å². The number of rotatable bonds is 14. The zero-order valence-corrected chi connectivity index (χ0v) is 23.6. The lowest BCUT2D eigenvalue weighted by Gasteiger charge is -2.31. The summed E-state index contributed by atoms with van der Waals surface area (Å²) in [6, 6.07) is 24.6. The summed E-state index contributed by atoms with van der Waals surface area (Å²) >= 11 is 0. The number of hydrogen-bond donors (Lipinski definition) is 1. The molecule has 0 heterocycles. The van der Waals surface area contributed by atoms with Gasteiger partial charge in [0.15, 0.2) is 0 Å². The van der Waals surface area contributed by atoms with Crippen LogP contribution in [-0.2, 0) is 26.0 Å². The lowest BCUT2D eigenvalue weighted by Crippen LogP contribution is -2.52. The molecule has 0 aliphatic rings. The van der Waals surface area contributed by atoms with Crippen LogP contribution in [0.15, 0.2) is 84.9 Å². The van der Waals surface area contributed by atoms with Gasteiger partial charge in [-0.2, -0.15) is 0 Å². The van der Waals surface area contributed by atoms with Crippen LogP contribution in [-0.4, -0.2) is 57.1 Å². The van der Waals surface area contributed by atoms with E-state index < -0.39 is 28.5 Å². The predicted octanol–water partition coefficient (Wildman–Crippen LogP) is 4.62. The van der Waals surface area contributed by atoms with Gasteiger partial charge in [-0.25, -0.2) is 8.42 Å². The van der Waals surface area contributed by atoms with Crippen molar-refractivity contribution in [3.05, 3.63) is 90.5 Å². The molecule has 0 bridgehead atoms. The average Bonchev–Trinajstić information content (AvgIpc) is 2.93. The molecule has 1 atom stereocenters. The molecule has 3 rings (SSSR count). The SMILES string of the molecule is CCCCNC(=O)[C@H](C)N(CCc1ccccc1)C(=O)CN(c1ccc(Oc2ccccc2)cc1)S(C)(=O)=O. The Balaban J connectivity index is 1.79. The molecule has 1 N–H and O–H groups in total. The average molecular weight is 552 g/mol. The number of carbonyl (C=O) groups is 2. The van der Waals surface area contributed by atoms with E-state index in [0.717, 1.165) is 29.0 Å². The third kappa shape index (κ3) is 9.14. The van der Waals surface area contributed by atoms with Gasteiger partial charge in [0.05, 0.1) is 11.9 Å². The third-order valence-corrected chi connectivity index (χ3v) is 7.40. The molecule has 3 aromatic rings. The van der Waals surface area contributed by atoms with Crippen LogP contribution in [0, 0.1) is 0 Å². The zero-order valence-electron chi connectivity index (χ0n) is 22.7. The highest BCUT2D eigenvalue weighted by Crippen LogP contribution is 2.25. The fourth-order valence-electron chi connectivity index (χ4n) is 4.02. The number of sulfonamides is 1. The number of nitrogens with zero attached hydrogens (tertiary/aromatic N) is 2. The van der Waals surface area contributed by atoms with Crippen molar-refractivity contribution in [3.63, 3.8) is 0 Å². The molecule has 9 heteroatoms. The van der Waals surface area contributed by atoms with E-state index in [0.29, 0.717) is 30.2 Å². The maximum Gasteiger partial charge on any atom is 0.244 e. The quantitative estimate of drug-likeness (QED) is 0.295. The van der Waals surface area contributed by atoms with E-state index in [4.69, 9.17) is 4.74 Å². The summed E-state index contributed by atoms with van der Waals surface area (Å²) in [6.45, 7) is 4.06. The Kier molecular flexibility index (Phi) is 10.9. The van der Waals surface area contributed by atoms with Crippen LogP contribution >= 0.6 is 0 Å². The summed E-state index contributed by atoms with van der Waals surface area (Å²) in [5.74, 6) is 0.463. The Hall–Kier alpha value is -3.85. The van der Waals surface area contributed by atoms with Gasteiger partial charge in [-0.15, -0.1) is 0 Å². The highest BCUT2D eigenvalue weighted by molar-refractivity contribution is 7.92. The van der Waals surface area contributed by atoms with Crippen molar-refractivity contribution in [2.24, 2.45) is 0 Å². The number of hydrogen-bond acceptors (Lipinski definition) is 5. The summed E-state index contributed by atoms with van der Waals surface area (Å²) in [5.41, 5.74) is 1.34. The van der Waals surface area contributed by atoms with Crippen molar-refractivity contribution >= 4 is 27.5 Å². The maximum absolute atomic E-state index is 13.6. The summed E-state index contributed by atoms with van der Waals surface area (Å²) in [5, 5.41) is 2.88. The molecule has 0 saturated heterocycles. The molecule has 8 nitrogen and oxygen atoms in total. The first-order chi connectivity index (χ1) is 18.7. The van der Waals surface area contributed by atoms with Crippen molar-refractivity contribution in [1.82, 2.24) is 10.2 Å². The summed E-state index contributed by atoms with van der Waals surface area (Å²) in [6.07, 6.45) is 3.36. The van der Waals surface area contributed by atoms with Gasteiger partial charge in [0.25, 0.3) is 0 Å². The van der Waals surface area contributed by atoms with Crippen molar-refractivity contribution < 1.29 is 22.7 Å². The molecule has 208 valence electrons. The number of unbranched alkanes of at least 4 members (excludes halogenated alkanes) is 1. The van der Waals surface area contributed by atoms with E-state index in [-0.39, 0.29) is 12.5 Å². The summed E-state index contributed by atoms with van der Waals surface area (Å²) in [7, 11) is -3.80. The van der Waals surface area contributed by atoms with Crippen molar-refractivity contribution in [3.8, 4) is 11.5 Å². The third-order valence-electron chi connectivity index (χ3n) is 6.26. The highest BCUT2D eigenvalue weighted by atomic mass is 32.2. The number of amides is 2. The standard InChI is InChI=1S/C30H37N3O5S/c1-4-5-21-31-30(35)24(2)32(22-20-25-12-8-6-9-13-25)29(34)23-33(39(3,36)37)26-16-18-28(19-17-26)38-27-14-10-7-11-15-27/h6-19,24H,4-5,20-23H2,1-3H3,(H,31,35)/t24-/m0/s1. The Bertz CT molecular complexity index is 1300. The molecule has 0 fully saturated rings. The monoisotopic (exact) mass is 551 g/mol. The second-order valence-electron chi connectivity index (χ2n) is 9.32. The highest BCUT2D eigenvalue weighted by Gasteiger charge is 2.29. The van der Waals surface area contributed by atoms with Crippen LogP contribution < -0.4 is 14.4 Å². The molecular formula is C30H37N3O5S. The molecular weight excluding hydrogens is 514 g/mol. The Labute approximate surface area is 231 Å². The zero-order chi connectivity index (χ0) is 28.3. The molecule has 0 radical (unpaired) electrons. The van der Waals surface area contributed by atoms with Crippen molar-refractivity contribution in [2.45, 2.75) is 39.2 Å². The fraction of sp³-hybridized carbons (Fsp3) is 0.333. The number of anilines is 1. The van der Waals surface area contributed by atoms with Gasteiger partial charge < -0.3 is 15.0 Å². The molecule has 0 aromatic heterocycles. The molecule has 0 spiro atoms. The van der Waals surface area contributed by atoms with Crippen molar-refractivity contribution in [2.75, 3.05) is 30.2 Å². The number of ether oxygens (including phenoxy) is 1. The topological polar surface area (TPSA) is 96.0 Å². The molecule has 3 aromatic carbocycles. The summed E-state index contributed by atoms with van der Waals surface area (Å²) in [4.78, 5) is 27.9. The van der Waals surface area contributed by atoms with Gasteiger partial charge in [-0.05, 0) is 61.7 Å². The fourth-order valence-corrected chi connectivity index (χ4v) is 4.87. The van der Waals surface area contributed by atoms with Gasteiger partial charge in [0.1, 0.15) is 24.1 Å². The minimum absolute atomic E-state index is 0.266. The molecule has 0 unspecified atom stereocenters. The molecule has 2 amide bonds.